The van der Waals surface area contributed by atoms with Crippen LogP contribution in [-0.4, -0.2) is 26.2 Å². The molecular weight excluding hydrogens is 306 g/mol. The van der Waals surface area contributed by atoms with E-state index in [2.05, 4.69) is 0 Å². The standard InChI is InChI=1S/C16H14ClNO4/c1-21-15(19)13-8-3-4-9-18(14(13)16(20)22-2)12-7-5-6-11(17)10-12/h3-10H,1-2H3. The molecule has 0 aromatic heterocycles. The molecule has 0 aliphatic carbocycles. The Kier molecular flexibility index (Phi) is 5.01. The van der Waals surface area contributed by atoms with Crippen LogP contribution < -0.4 is 4.90 Å². The number of rotatable bonds is 3. The van der Waals surface area contributed by atoms with Gasteiger partial charge in [0.25, 0.3) is 0 Å². The summed E-state index contributed by atoms with van der Waals surface area (Å²) in [5.41, 5.74) is 0.773. The van der Waals surface area contributed by atoms with Crippen LogP contribution in [0, 0.1) is 0 Å². The summed E-state index contributed by atoms with van der Waals surface area (Å²) in [7, 11) is 2.50. The zero-order chi connectivity index (χ0) is 16.1. The van der Waals surface area contributed by atoms with Crippen molar-refractivity contribution in [3.63, 3.8) is 0 Å². The van der Waals surface area contributed by atoms with Crippen LogP contribution in [0.1, 0.15) is 0 Å². The highest BCUT2D eigenvalue weighted by Crippen LogP contribution is 2.28. The van der Waals surface area contributed by atoms with Crippen LogP contribution in [0.15, 0.2) is 60.0 Å². The van der Waals surface area contributed by atoms with Gasteiger partial charge in [-0.15, -0.1) is 0 Å². The molecule has 1 aliphatic heterocycles. The van der Waals surface area contributed by atoms with E-state index in [9.17, 15) is 9.59 Å². The maximum atomic E-state index is 12.2. The van der Waals surface area contributed by atoms with Crippen molar-refractivity contribution in [3.05, 3.63) is 65.0 Å². The van der Waals surface area contributed by atoms with E-state index >= 15 is 0 Å². The zero-order valence-electron chi connectivity index (χ0n) is 12.1. The molecule has 1 heterocycles. The highest BCUT2D eigenvalue weighted by atomic mass is 35.5. The van der Waals surface area contributed by atoms with Gasteiger partial charge in [0.1, 0.15) is 5.70 Å². The van der Waals surface area contributed by atoms with Crippen molar-refractivity contribution in [1.29, 1.82) is 0 Å². The number of ether oxygens (including phenoxy) is 2. The molecule has 0 spiro atoms. The molecule has 22 heavy (non-hydrogen) atoms. The fourth-order valence-electron chi connectivity index (χ4n) is 1.99. The van der Waals surface area contributed by atoms with Crippen LogP contribution in [0.4, 0.5) is 5.69 Å². The van der Waals surface area contributed by atoms with Crippen LogP contribution in [-0.2, 0) is 19.1 Å². The Morgan fingerprint density at radius 3 is 2.45 bits per heavy atom. The summed E-state index contributed by atoms with van der Waals surface area (Å²) in [6.45, 7) is 0. The van der Waals surface area contributed by atoms with E-state index in [0.717, 1.165) is 0 Å². The zero-order valence-corrected chi connectivity index (χ0v) is 12.8. The Labute approximate surface area is 133 Å². The molecule has 1 aromatic rings. The highest BCUT2D eigenvalue weighted by molar-refractivity contribution is 6.30. The number of halogens is 1. The quantitative estimate of drug-likeness (QED) is 0.802. The SMILES string of the molecule is COC(=O)C1=C(C(=O)OC)N(c2cccc(Cl)c2)C=CC=C1. The number of hydrogen-bond acceptors (Lipinski definition) is 5. The Hall–Kier alpha value is -2.53. The van der Waals surface area contributed by atoms with Crippen molar-refractivity contribution in [3.8, 4) is 0 Å². The van der Waals surface area contributed by atoms with Crippen LogP contribution in [0.5, 0.6) is 0 Å². The van der Waals surface area contributed by atoms with E-state index in [1.165, 1.54) is 25.2 Å². The third-order valence-corrected chi connectivity index (χ3v) is 3.21. The molecule has 1 aromatic carbocycles. The van der Waals surface area contributed by atoms with Crippen molar-refractivity contribution >= 4 is 29.2 Å². The van der Waals surface area contributed by atoms with Gasteiger partial charge in [-0.3, -0.25) is 0 Å². The second-order valence-electron chi connectivity index (χ2n) is 4.30. The van der Waals surface area contributed by atoms with E-state index in [1.54, 1.807) is 42.6 Å². The topological polar surface area (TPSA) is 55.8 Å². The predicted octanol–water partition coefficient (Wildman–Crippen LogP) is 2.83. The van der Waals surface area contributed by atoms with Crippen molar-refractivity contribution in [1.82, 2.24) is 0 Å². The molecule has 0 bridgehead atoms. The summed E-state index contributed by atoms with van der Waals surface area (Å²) in [4.78, 5) is 25.7. The molecule has 0 atom stereocenters. The summed E-state index contributed by atoms with van der Waals surface area (Å²) >= 11 is 6.00. The molecule has 0 saturated carbocycles. The van der Waals surface area contributed by atoms with Gasteiger partial charge in [-0.1, -0.05) is 23.7 Å². The summed E-state index contributed by atoms with van der Waals surface area (Å²) < 4.78 is 9.55. The molecule has 0 N–H and O–H groups in total. The number of carbonyl (C=O) groups excluding carboxylic acids is 2. The third kappa shape index (κ3) is 3.20. The van der Waals surface area contributed by atoms with Gasteiger partial charge in [-0.2, -0.15) is 0 Å². The summed E-state index contributed by atoms with van der Waals surface area (Å²) in [6, 6.07) is 6.90. The average molecular weight is 320 g/mol. The molecule has 0 saturated heterocycles. The van der Waals surface area contributed by atoms with Crippen LogP contribution in [0.3, 0.4) is 0 Å². The van der Waals surface area contributed by atoms with Crippen molar-refractivity contribution < 1.29 is 19.1 Å². The van der Waals surface area contributed by atoms with E-state index in [4.69, 9.17) is 21.1 Å². The summed E-state index contributed by atoms with van der Waals surface area (Å²) in [5, 5.41) is 0.506. The Morgan fingerprint density at radius 1 is 1.09 bits per heavy atom. The van der Waals surface area contributed by atoms with Gasteiger partial charge in [0.05, 0.1) is 19.8 Å². The van der Waals surface area contributed by atoms with E-state index in [0.29, 0.717) is 10.7 Å². The molecular formula is C16H14ClNO4. The number of anilines is 1. The monoisotopic (exact) mass is 319 g/mol. The molecule has 5 nitrogen and oxygen atoms in total. The Balaban J connectivity index is 2.64. The first kappa shape index (κ1) is 15.9. The number of allylic oxidation sites excluding steroid dienone is 2. The highest BCUT2D eigenvalue weighted by Gasteiger charge is 2.27. The lowest BCUT2D eigenvalue weighted by Crippen LogP contribution is -2.26. The van der Waals surface area contributed by atoms with Gasteiger partial charge in [-0.25, -0.2) is 9.59 Å². The summed E-state index contributed by atoms with van der Waals surface area (Å²) in [5.74, 6) is -1.29. The molecule has 0 amide bonds. The van der Waals surface area contributed by atoms with Crippen LogP contribution >= 0.6 is 11.6 Å². The Bertz CT molecular complexity index is 691. The van der Waals surface area contributed by atoms with Gasteiger partial charge in [-0.05, 0) is 30.4 Å². The molecule has 0 unspecified atom stereocenters. The van der Waals surface area contributed by atoms with Crippen molar-refractivity contribution in [2.75, 3.05) is 19.1 Å². The lowest BCUT2D eigenvalue weighted by atomic mass is 10.1. The Morgan fingerprint density at radius 2 is 1.82 bits per heavy atom. The lowest BCUT2D eigenvalue weighted by Gasteiger charge is -2.23. The van der Waals surface area contributed by atoms with Crippen molar-refractivity contribution in [2.45, 2.75) is 0 Å². The molecule has 0 radical (unpaired) electrons. The predicted molar refractivity (Wildman–Crippen MR) is 83.3 cm³/mol. The first-order valence-corrected chi connectivity index (χ1v) is 6.77. The third-order valence-electron chi connectivity index (χ3n) is 2.98. The molecule has 0 fully saturated rings. The number of carbonyl (C=O) groups is 2. The van der Waals surface area contributed by atoms with Crippen LogP contribution in [0.2, 0.25) is 5.02 Å². The molecule has 6 heteroatoms. The number of esters is 2. The van der Waals surface area contributed by atoms with E-state index in [-0.39, 0.29) is 11.3 Å². The van der Waals surface area contributed by atoms with Gasteiger partial charge in [0.15, 0.2) is 0 Å². The number of nitrogens with zero attached hydrogens (tertiary/aromatic N) is 1. The molecule has 1 aliphatic rings. The summed E-state index contributed by atoms with van der Waals surface area (Å²) in [6.07, 6.45) is 6.48. The van der Waals surface area contributed by atoms with Crippen LogP contribution in [0.25, 0.3) is 0 Å². The smallest absolute Gasteiger partial charge is 0.355 e. The number of methoxy groups -OCH3 is 2. The number of hydrogen-bond donors (Lipinski definition) is 0. The fourth-order valence-corrected chi connectivity index (χ4v) is 2.18. The largest absolute Gasteiger partial charge is 0.465 e. The normalized spacial score (nSPS) is 13.9. The maximum absolute atomic E-state index is 12.2. The van der Waals surface area contributed by atoms with Gasteiger partial charge >= 0.3 is 11.9 Å². The fraction of sp³-hybridized carbons (Fsp3) is 0.125. The first-order chi connectivity index (χ1) is 10.6. The van der Waals surface area contributed by atoms with E-state index < -0.39 is 11.9 Å². The minimum atomic E-state index is -0.656. The number of benzene rings is 1. The second-order valence-corrected chi connectivity index (χ2v) is 4.73. The lowest BCUT2D eigenvalue weighted by molar-refractivity contribution is -0.139. The van der Waals surface area contributed by atoms with Crippen molar-refractivity contribution in [2.24, 2.45) is 0 Å². The molecule has 114 valence electrons. The average Bonchev–Trinajstić information content (AvgIpc) is 2.76. The first-order valence-electron chi connectivity index (χ1n) is 6.39. The van der Waals surface area contributed by atoms with Gasteiger partial charge in [0.2, 0.25) is 0 Å². The van der Waals surface area contributed by atoms with E-state index in [1.807, 2.05) is 0 Å². The van der Waals surface area contributed by atoms with Gasteiger partial charge in [0, 0.05) is 16.9 Å². The molecule has 2 rings (SSSR count). The van der Waals surface area contributed by atoms with Gasteiger partial charge < -0.3 is 14.4 Å². The minimum Gasteiger partial charge on any atom is -0.465 e. The minimum absolute atomic E-state index is 0.0571. The second kappa shape index (κ2) is 6.95. The maximum Gasteiger partial charge on any atom is 0.355 e.